The minimum Gasteiger partial charge on any atom is -0.300 e. The van der Waals surface area contributed by atoms with Crippen LogP contribution in [-0.2, 0) is 19.4 Å². The molecule has 0 aliphatic rings. The van der Waals surface area contributed by atoms with Crippen molar-refractivity contribution in [3.05, 3.63) is 0 Å². The van der Waals surface area contributed by atoms with Gasteiger partial charge in [-0.3, -0.25) is 4.55 Å². The molecule has 0 spiro atoms. The van der Waals surface area contributed by atoms with Gasteiger partial charge in [0.1, 0.15) is 5.78 Å². The summed E-state index contributed by atoms with van der Waals surface area (Å²) in [4.78, 5) is 10.8. The van der Waals surface area contributed by atoms with Crippen molar-refractivity contribution < 1.29 is 21.9 Å². The zero-order chi connectivity index (χ0) is 18.1. The number of ketones is 1. The SMILES string of the molecule is CC(=O)CCCCCCCCCCCCCCCCOS(=O)(=O)O. The molecule has 0 fully saturated rings. The van der Waals surface area contributed by atoms with Crippen LogP contribution in [0.15, 0.2) is 0 Å². The first-order valence-corrected chi connectivity index (χ1v) is 10.9. The van der Waals surface area contributed by atoms with Gasteiger partial charge in [0.15, 0.2) is 0 Å². The third kappa shape index (κ3) is 21.5. The van der Waals surface area contributed by atoms with Crippen LogP contribution >= 0.6 is 0 Å². The topological polar surface area (TPSA) is 80.7 Å². The Morgan fingerprint density at radius 1 is 0.708 bits per heavy atom. The Balaban J connectivity index is 3.06. The van der Waals surface area contributed by atoms with Crippen molar-refractivity contribution in [3.63, 3.8) is 0 Å². The summed E-state index contributed by atoms with van der Waals surface area (Å²) in [6.45, 7) is 1.74. The monoisotopic (exact) mass is 364 g/mol. The minimum atomic E-state index is -4.26. The molecule has 24 heavy (non-hydrogen) atoms. The first-order valence-electron chi connectivity index (χ1n) is 9.53. The molecule has 1 N–H and O–H groups in total. The molecule has 0 aliphatic heterocycles. The lowest BCUT2D eigenvalue weighted by molar-refractivity contribution is -0.117. The number of unbranched alkanes of at least 4 members (excludes halogenated alkanes) is 13. The second-order valence-corrected chi connectivity index (χ2v) is 7.74. The van der Waals surface area contributed by atoms with E-state index in [1.807, 2.05) is 0 Å². The Morgan fingerprint density at radius 3 is 1.38 bits per heavy atom. The minimum absolute atomic E-state index is 0.0770. The summed E-state index contributed by atoms with van der Waals surface area (Å²) >= 11 is 0. The van der Waals surface area contributed by atoms with Gasteiger partial charge < -0.3 is 4.79 Å². The number of hydrogen-bond acceptors (Lipinski definition) is 4. The second-order valence-electron chi connectivity index (χ2n) is 6.65. The lowest BCUT2D eigenvalue weighted by Gasteiger charge is -2.03. The number of rotatable bonds is 18. The van der Waals surface area contributed by atoms with Crippen molar-refractivity contribution in [1.82, 2.24) is 0 Å². The Hall–Kier alpha value is -0.460. The largest absolute Gasteiger partial charge is 0.397 e. The molecule has 0 aromatic heterocycles. The maximum atomic E-state index is 10.8. The zero-order valence-corrected chi connectivity index (χ0v) is 16.1. The van der Waals surface area contributed by atoms with E-state index in [-0.39, 0.29) is 6.61 Å². The smallest absolute Gasteiger partial charge is 0.300 e. The Bertz CT molecular complexity index is 392. The molecule has 0 unspecified atom stereocenters. The van der Waals surface area contributed by atoms with Crippen LogP contribution in [0.5, 0.6) is 0 Å². The van der Waals surface area contributed by atoms with Crippen LogP contribution in [0.3, 0.4) is 0 Å². The van der Waals surface area contributed by atoms with Crippen molar-refractivity contribution in [2.75, 3.05) is 6.61 Å². The lowest BCUT2D eigenvalue weighted by Crippen LogP contribution is -2.04. The van der Waals surface area contributed by atoms with Crippen molar-refractivity contribution in [1.29, 1.82) is 0 Å². The van der Waals surface area contributed by atoms with Crippen LogP contribution in [0, 0.1) is 0 Å². The molecule has 0 amide bonds. The normalized spacial score (nSPS) is 11.8. The average molecular weight is 365 g/mol. The van der Waals surface area contributed by atoms with Crippen LogP contribution in [0.2, 0.25) is 0 Å². The van der Waals surface area contributed by atoms with E-state index in [0.717, 1.165) is 25.7 Å². The second kappa shape index (κ2) is 16.0. The standard InChI is InChI=1S/C18H36O5S/c1-18(19)16-14-12-10-8-6-4-2-3-5-7-9-11-13-15-17-23-24(20,21)22/h2-17H2,1H3,(H,20,21,22). The number of hydrogen-bond donors (Lipinski definition) is 1. The van der Waals surface area contributed by atoms with Gasteiger partial charge in [-0.2, -0.15) is 8.42 Å². The summed E-state index contributed by atoms with van der Waals surface area (Å²) in [6, 6.07) is 0. The van der Waals surface area contributed by atoms with Gasteiger partial charge >= 0.3 is 10.4 Å². The first-order chi connectivity index (χ1) is 11.4. The molecule has 0 bridgehead atoms. The number of carbonyl (C=O) groups is 1. The van der Waals surface area contributed by atoms with E-state index < -0.39 is 10.4 Å². The van der Waals surface area contributed by atoms with Gasteiger partial charge in [0.25, 0.3) is 0 Å². The fourth-order valence-corrected chi connectivity index (χ4v) is 3.09. The van der Waals surface area contributed by atoms with E-state index in [1.54, 1.807) is 6.92 Å². The van der Waals surface area contributed by atoms with Gasteiger partial charge in [0, 0.05) is 6.42 Å². The van der Waals surface area contributed by atoms with Crippen LogP contribution in [-0.4, -0.2) is 25.4 Å². The highest BCUT2D eigenvalue weighted by atomic mass is 32.3. The number of carbonyl (C=O) groups excluding carboxylic acids is 1. The molecule has 0 aliphatic carbocycles. The highest BCUT2D eigenvalue weighted by molar-refractivity contribution is 7.80. The fourth-order valence-electron chi connectivity index (χ4n) is 2.76. The molecule has 0 rings (SSSR count). The molecule has 6 heteroatoms. The van der Waals surface area contributed by atoms with Crippen molar-refractivity contribution in [2.45, 2.75) is 103 Å². The van der Waals surface area contributed by atoms with Crippen LogP contribution in [0.25, 0.3) is 0 Å². The van der Waals surface area contributed by atoms with Crippen molar-refractivity contribution in [2.24, 2.45) is 0 Å². The van der Waals surface area contributed by atoms with Gasteiger partial charge in [0.05, 0.1) is 6.61 Å². The molecule has 0 aromatic carbocycles. The molecule has 0 heterocycles. The molecular formula is C18H36O5S. The van der Waals surface area contributed by atoms with Crippen LogP contribution in [0.1, 0.15) is 103 Å². The van der Waals surface area contributed by atoms with Gasteiger partial charge in [-0.15, -0.1) is 0 Å². The third-order valence-electron chi connectivity index (χ3n) is 4.16. The molecule has 0 saturated heterocycles. The summed E-state index contributed by atoms with van der Waals surface area (Å²) in [5.74, 6) is 0.307. The summed E-state index contributed by atoms with van der Waals surface area (Å²) in [6.07, 6.45) is 17.2. The number of Topliss-reactive ketones (excluding diaryl/α,β-unsaturated/α-hetero) is 1. The Labute approximate surface area is 148 Å². The van der Waals surface area contributed by atoms with Gasteiger partial charge in [-0.25, -0.2) is 4.18 Å². The summed E-state index contributed by atoms with van der Waals surface area (Å²) in [7, 11) is -4.26. The van der Waals surface area contributed by atoms with Gasteiger partial charge in [-0.1, -0.05) is 77.0 Å². The van der Waals surface area contributed by atoms with E-state index in [0.29, 0.717) is 12.2 Å². The highest BCUT2D eigenvalue weighted by Gasteiger charge is 2.02. The predicted octanol–water partition coefficient (Wildman–Crippen LogP) is 5.25. The quantitative estimate of drug-likeness (QED) is 0.265. The van der Waals surface area contributed by atoms with Crippen LogP contribution in [0.4, 0.5) is 0 Å². The molecule has 0 radical (unpaired) electrons. The lowest BCUT2D eigenvalue weighted by atomic mass is 10.0. The predicted molar refractivity (Wildman–Crippen MR) is 97.4 cm³/mol. The summed E-state index contributed by atoms with van der Waals surface area (Å²) < 4.78 is 33.3. The fraction of sp³-hybridized carbons (Fsp3) is 0.944. The maximum absolute atomic E-state index is 10.8. The molecule has 0 saturated carbocycles. The van der Waals surface area contributed by atoms with E-state index in [2.05, 4.69) is 4.18 Å². The van der Waals surface area contributed by atoms with Gasteiger partial charge in [-0.05, 0) is 19.8 Å². The van der Waals surface area contributed by atoms with E-state index >= 15 is 0 Å². The van der Waals surface area contributed by atoms with E-state index in [1.165, 1.54) is 64.2 Å². The summed E-state index contributed by atoms with van der Waals surface area (Å²) in [5, 5.41) is 0. The van der Waals surface area contributed by atoms with E-state index in [9.17, 15) is 13.2 Å². The molecule has 0 atom stereocenters. The molecule has 5 nitrogen and oxygen atoms in total. The molecule has 0 aromatic rings. The average Bonchev–Trinajstić information content (AvgIpc) is 2.49. The Kier molecular flexibility index (Phi) is 15.7. The maximum Gasteiger partial charge on any atom is 0.397 e. The molecule has 144 valence electrons. The van der Waals surface area contributed by atoms with Crippen LogP contribution < -0.4 is 0 Å². The molecular weight excluding hydrogens is 328 g/mol. The first kappa shape index (κ1) is 23.5. The highest BCUT2D eigenvalue weighted by Crippen LogP contribution is 2.13. The Morgan fingerprint density at radius 2 is 1.04 bits per heavy atom. The zero-order valence-electron chi connectivity index (χ0n) is 15.3. The third-order valence-corrected chi connectivity index (χ3v) is 4.62. The van der Waals surface area contributed by atoms with Gasteiger partial charge in [0.2, 0.25) is 0 Å². The van der Waals surface area contributed by atoms with E-state index in [4.69, 9.17) is 4.55 Å². The van der Waals surface area contributed by atoms with Crippen molar-refractivity contribution >= 4 is 16.2 Å². The summed E-state index contributed by atoms with van der Waals surface area (Å²) in [5.41, 5.74) is 0. The van der Waals surface area contributed by atoms with Crippen molar-refractivity contribution in [3.8, 4) is 0 Å².